The van der Waals surface area contributed by atoms with E-state index in [1.165, 1.54) is 6.07 Å². The van der Waals surface area contributed by atoms with Gasteiger partial charge in [-0.1, -0.05) is 47.0 Å². The van der Waals surface area contributed by atoms with E-state index in [0.717, 1.165) is 76.2 Å². The van der Waals surface area contributed by atoms with E-state index in [-0.39, 0.29) is 27.9 Å². The molecule has 4 aromatic rings. The Kier molecular flexibility index (Phi) is 9.62. The predicted molar refractivity (Wildman–Crippen MR) is 174 cm³/mol. The fourth-order valence-electron chi connectivity index (χ4n) is 5.64. The number of hydrogen-bond acceptors (Lipinski definition) is 8. The molecule has 1 saturated carbocycles. The van der Waals surface area contributed by atoms with Gasteiger partial charge < -0.3 is 14.0 Å². The molecule has 45 heavy (non-hydrogen) atoms. The van der Waals surface area contributed by atoms with Crippen molar-refractivity contribution in [2.24, 2.45) is 0 Å². The zero-order chi connectivity index (χ0) is 32.5. The summed E-state index contributed by atoms with van der Waals surface area (Å²) in [5.41, 5.74) is 3.35. The van der Waals surface area contributed by atoms with E-state index in [0.29, 0.717) is 23.1 Å². The molecule has 3 aromatic carbocycles. The first-order valence-corrected chi connectivity index (χ1v) is 17.4. The Morgan fingerprint density at radius 2 is 1.69 bits per heavy atom. The minimum absolute atomic E-state index is 0.000930. The molecule has 0 atom stereocenters. The fourth-order valence-corrected chi connectivity index (χ4v) is 8.24. The Morgan fingerprint density at radius 3 is 2.36 bits per heavy atom. The maximum atomic E-state index is 14.1. The third kappa shape index (κ3) is 7.05. The summed E-state index contributed by atoms with van der Waals surface area (Å²) in [7, 11) is -4.47. The number of ether oxygens (including phenoxy) is 1. The van der Waals surface area contributed by atoms with Crippen molar-refractivity contribution in [1.29, 1.82) is 0 Å². The van der Waals surface area contributed by atoms with Crippen LogP contribution < -0.4 is 8.92 Å². The van der Waals surface area contributed by atoms with E-state index in [4.69, 9.17) is 8.92 Å². The summed E-state index contributed by atoms with van der Waals surface area (Å²) in [6.07, 6.45) is 4.17. The number of rotatable bonds is 10. The van der Waals surface area contributed by atoms with E-state index in [1.54, 1.807) is 23.5 Å². The average Bonchev–Trinajstić information content (AvgIpc) is 3.61. The molecule has 0 amide bonds. The minimum atomic E-state index is -4.47. The minimum Gasteiger partial charge on any atom is -0.478 e. The lowest BCUT2D eigenvalue weighted by Gasteiger charge is -2.18. The van der Waals surface area contributed by atoms with Crippen LogP contribution >= 0.6 is 27.3 Å². The van der Waals surface area contributed by atoms with Gasteiger partial charge in [-0.05, 0) is 85.7 Å². The van der Waals surface area contributed by atoms with Gasteiger partial charge in [-0.3, -0.25) is 9.59 Å². The summed E-state index contributed by atoms with van der Waals surface area (Å²) in [6, 6.07) is 15.9. The maximum absolute atomic E-state index is 14.1. The first-order chi connectivity index (χ1) is 21.4. The molecule has 0 unspecified atom stereocenters. The Labute approximate surface area is 274 Å². The van der Waals surface area contributed by atoms with E-state index >= 15 is 0 Å². The first-order valence-electron chi connectivity index (χ1n) is 14.4. The number of halogens is 1. The molecule has 0 bridgehead atoms. The van der Waals surface area contributed by atoms with Crippen molar-refractivity contribution >= 4 is 55.1 Å². The molecule has 234 valence electrons. The smallest absolute Gasteiger partial charge is 0.339 e. The molecular formula is C34H31BrO8S2. The van der Waals surface area contributed by atoms with E-state index in [2.05, 4.69) is 15.9 Å². The lowest BCUT2D eigenvalue weighted by molar-refractivity contribution is -0.131. The van der Waals surface area contributed by atoms with Crippen molar-refractivity contribution in [1.82, 2.24) is 0 Å². The van der Waals surface area contributed by atoms with Gasteiger partial charge in [0.25, 0.3) is 0 Å². The lowest BCUT2D eigenvalue weighted by Crippen LogP contribution is -2.14. The van der Waals surface area contributed by atoms with Crippen molar-refractivity contribution in [2.45, 2.75) is 63.7 Å². The van der Waals surface area contributed by atoms with Crippen LogP contribution in [0.4, 0.5) is 0 Å². The lowest BCUT2D eigenvalue weighted by atomic mass is 9.91. The van der Waals surface area contributed by atoms with Gasteiger partial charge in [0.1, 0.15) is 22.0 Å². The maximum Gasteiger partial charge on any atom is 0.339 e. The summed E-state index contributed by atoms with van der Waals surface area (Å²) in [6.45, 7) is 5.04. The van der Waals surface area contributed by atoms with Gasteiger partial charge in [0.05, 0.1) is 0 Å². The fraction of sp³-hybridized carbons (Fsp3) is 0.265. The zero-order valence-electron chi connectivity index (χ0n) is 24.9. The summed E-state index contributed by atoms with van der Waals surface area (Å²) in [5, 5.41) is 9.44. The topological polar surface area (TPSA) is 124 Å². The number of carbonyl (C=O) groups is 3. The van der Waals surface area contributed by atoms with Crippen LogP contribution in [0.1, 0.15) is 91.2 Å². The summed E-state index contributed by atoms with van der Waals surface area (Å²) in [4.78, 5) is 38.9. The van der Waals surface area contributed by atoms with Crippen LogP contribution in [0.15, 0.2) is 70.0 Å². The number of aryl methyl sites for hydroxylation is 1. The van der Waals surface area contributed by atoms with Crippen molar-refractivity contribution in [3.63, 3.8) is 0 Å². The summed E-state index contributed by atoms with van der Waals surface area (Å²) in [5.74, 6) is -2.62. The van der Waals surface area contributed by atoms with Crippen LogP contribution in [0, 0.1) is 13.8 Å². The molecule has 5 rings (SSSR count). The molecular weight excluding hydrogens is 680 g/mol. The van der Waals surface area contributed by atoms with E-state index in [1.807, 2.05) is 38.1 Å². The number of carboxylic acid groups (broad SMARTS) is 1. The second-order valence-corrected chi connectivity index (χ2v) is 14.7. The van der Waals surface area contributed by atoms with Gasteiger partial charge in [0.2, 0.25) is 0 Å². The predicted octanol–water partition coefficient (Wildman–Crippen LogP) is 8.00. The standard InChI is InChI=1S/C34H31BrO8S2/c1-19-20(2)44-31(17-23-10-6-7-11-28(23)35)32(19)33(37)24-12-15-29(27(16-24)22-8-4-5-9-22)43-45(40,41)25-13-14-26(34(38)39)30(18-25)42-21(3)36/h6-7,10-16,18,22H,4-5,8-9,17H2,1-3H3,(H,38,39). The van der Waals surface area contributed by atoms with Crippen LogP contribution in [0.5, 0.6) is 11.5 Å². The van der Waals surface area contributed by atoms with Gasteiger partial charge >= 0.3 is 22.1 Å². The molecule has 8 nitrogen and oxygen atoms in total. The normalized spacial score (nSPS) is 13.5. The van der Waals surface area contributed by atoms with Crippen molar-refractivity contribution in [2.75, 3.05) is 0 Å². The second kappa shape index (κ2) is 13.3. The highest BCUT2D eigenvalue weighted by molar-refractivity contribution is 9.10. The zero-order valence-corrected chi connectivity index (χ0v) is 28.1. The number of carbonyl (C=O) groups excluding carboxylic acids is 2. The Bertz CT molecular complexity index is 1920. The highest BCUT2D eigenvalue weighted by Crippen LogP contribution is 2.41. The molecule has 1 heterocycles. The van der Waals surface area contributed by atoms with Gasteiger partial charge in [-0.15, -0.1) is 11.3 Å². The highest BCUT2D eigenvalue weighted by Gasteiger charge is 2.29. The van der Waals surface area contributed by atoms with Gasteiger partial charge in [-0.25, -0.2) is 4.79 Å². The van der Waals surface area contributed by atoms with Crippen LogP contribution in [0.2, 0.25) is 0 Å². The Balaban J connectivity index is 1.52. The second-order valence-electron chi connectivity index (χ2n) is 11.0. The third-order valence-corrected chi connectivity index (χ3v) is 11.2. The molecule has 0 radical (unpaired) electrons. The van der Waals surface area contributed by atoms with Crippen LogP contribution in [-0.4, -0.2) is 31.2 Å². The number of aromatic carboxylic acids is 1. The Morgan fingerprint density at radius 1 is 0.978 bits per heavy atom. The summed E-state index contributed by atoms with van der Waals surface area (Å²) < 4.78 is 38.5. The van der Waals surface area contributed by atoms with Crippen LogP contribution in [0.3, 0.4) is 0 Å². The number of carboxylic acids is 1. The molecule has 11 heteroatoms. The van der Waals surface area contributed by atoms with Gasteiger partial charge in [-0.2, -0.15) is 8.42 Å². The van der Waals surface area contributed by atoms with E-state index < -0.39 is 27.8 Å². The Hall–Kier alpha value is -3.80. The molecule has 1 N–H and O–H groups in total. The first kappa shape index (κ1) is 32.6. The molecule has 1 aliphatic rings. The molecule has 0 spiro atoms. The van der Waals surface area contributed by atoms with Crippen molar-refractivity contribution in [3.8, 4) is 11.5 Å². The number of thiophene rings is 1. The molecule has 1 fully saturated rings. The monoisotopic (exact) mass is 710 g/mol. The number of esters is 1. The third-order valence-electron chi connectivity index (χ3n) is 7.99. The largest absolute Gasteiger partial charge is 0.478 e. The number of ketones is 1. The van der Waals surface area contributed by atoms with Crippen molar-refractivity contribution < 1.29 is 36.8 Å². The molecule has 0 saturated heterocycles. The molecule has 1 aromatic heterocycles. The summed E-state index contributed by atoms with van der Waals surface area (Å²) >= 11 is 5.21. The highest BCUT2D eigenvalue weighted by atomic mass is 79.9. The van der Waals surface area contributed by atoms with Gasteiger partial charge in [0, 0.05) is 44.8 Å². The quantitative estimate of drug-likeness (QED) is 0.0760. The van der Waals surface area contributed by atoms with E-state index in [9.17, 15) is 27.9 Å². The SMILES string of the molecule is CC(=O)Oc1cc(S(=O)(=O)Oc2ccc(C(=O)c3c(Cc4ccccc4Br)sc(C)c3C)cc2C2CCCC2)ccc1C(=O)O. The van der Waals surface area contributed by atoms with Crippen LogP contribution in [-0.2, 0) is 21.3 Å². The number of hydrogen-bond donors (Lipinski definition) is 1. The molecule has 1 aliphatic carbocycles. The van der Waals surface area contributed by atoms with Crippen LogP contribution in [0.25, 0.3) is 0 Å². The number of benzene rings is 3. The van der Waals surface area contributed by atoms with Gasteiger partial charge in [0.15, 0.2) is 5.78 Å². The average molecular weight is 712 g/mol. The van der Waals surface area contributed by atoms with Crippen molar-refractivity contribution in [3.05, 3.63) is 108 Å². The molecule has 0 aliphatic heterocycles.